The summed E-state index contributed by atoms with van der Waals surface area (Å²) in [6, 6.07) is 6.00. The van der Waals surface area contributed by atoms with Gasteiger partial charge in [0.2, 0.25) is 0 Å². The van der Waals surface area contributed by atoms with Crippen LogP contribution in [0.2, 0.25) is 5.02 Å². The summed E-state index contributed by atoms with van der Waals surface area (Å²) in [5.74, 6) is 3.50. The van der Waals surface area contributed by atoms with Crippen LogP contribution in [0.25, 0.3) is 0 Å². The van der Waals surface area contributed by atoms with Crippen molar-refractivity contribution in [2.75, 3.05) is 0 Å². The van der Waals surface area contributed by atoms with E-state index in [9.17, 15) is 4.39 Å². The Morgan fingerprint density at radius 3 is 2.81 bits per heavy atom. The summed E-state index contributed by atoms with van der Waals surface area (Å²) >= 11 is 5.77. The molecule has 1 aromatic carbocycles. The van der Waals surface area contributed by atoms with Crippen molar-refractivity contribution in [3.63, 3.8) is 0 Å². The molecule has 4 rings (SSSR count). The summed E-state index contributed by atoms with van der Waals surface area (Å²) < 4.78 is 13.6. The Balaban J connectivity index is 1.45. The van der Waals surface area contributed by atoms with Gasteiger partial charge in [0, 0.05) is 12.1 Å². The van der Waals surface area contributed by atoms with Crippen LogP contribution in [0, 0.1) is 29.5 Å². The second-order valence-corrected chi connectivity index (χ2v) is 7.73. The molecule has 3 aliphatic carbocycles. The number of hydrogen-bond acceptors (Lipinski definition) is 1. The second kappa shape index (κ2) is 5.24. The normalized spacial score (nSPS) is 38.7. The van der Waals surface area contributed by atoms with E-state index in [1.165, 1.54) is 32.1 Å². The maximum Gasteiger partial charge on any atom is 0.142 e. The van der Waals surface area contributed by atoms with E-state index in [0.717, 1.165) is 29.2 Å². The first-order valence-electron chi connectivity index (χ1n) is 8.34. The summed E-state index contributed by atoms with van der Waals surface area (Å²) in [5.41, 5.74) is 1.00. The lowest BCUT2D eigenvalue weighted by atomic mass is 9.79. The average Bonchev–Trinajstić information content (AvgIpc) is 3.13. The number of halogens is 2. The first kappa shape index (κ1) is 14.0. The highest BCUT2D eigenvalue weighted by molar-refractivity contribution is 6.30. The van der Waals surface area contributed by atoms with E-state index in [-0.39, 0.29) is 16.9 Å². The zero-order chi connectivity index (χ0) is 14.6. The Morgan fingerprint density at radius 1 is 1.19 bits per heavy atom. The first-order valence-corrected chi connectivity index (χ1v) is 8.72. The molecule has 3 heteroatoms. The molecule has 1 nitrogen and oxygen atoms in total. The molecule has 0 heterocycles. The van der Waals surface area contributed by atoms with E-state index in [4.69, 9.17) is 11.6 Å². The summed E-state index contributed by atoms with van der Waals surface area (Å²) in [4.78, 5) is 0. The molecule has 21 heavy (non-hydrogen) atoms. The Morgan fingerprint density at radius 2 is 2.00 bits per heavy atom. The van der Waals surface area contributed by atoms with Crippen LogP contribution in [0.1, 0.15) is 50.6 Å². The van der Waals surface area contributed by atoms with Crippen LogP contribution in [0.5, 0.6) is 0 Å². The third-order valence-corrected chi connectivity index (χ3v) is 6.64. The van der Waals surface area contributed by atoms with Crippen molar-refractivity contribution in [2.24, 2.45) is 23.7 Å². The Bertz CT molecular complexity index is 546. The number of nitrogens with one attached hydrogen (secondary N) is 1. The van der Waals surface area contributed by atoms with Crippen molar-refractivity contribution in [3.05, 3.63) is 34.6 Å². The molecule has 3 aliphatic rings. The topological polar surface area (TPSA) is 12.0 Å². The third-order valence-electron chi connectivity index (χ3n) is 6.34. The fourth-order valence-electron chi connectivity index (χ4n) is 5.46. The quantitative estimate of drug-likeness (QED) is 0.832. The van der Waals surface area contributed by atoms with E-state index >= 15 is 0 Å². The summed E-state index contributed by atoms with van der Waals surface area (Å²) in [6.45, 7) is 2.14. The third kappa shape index (κ3) is 2.31. The van der Waals surface area contributed by atoms with E-state index in [2.05, 4.69) is 12.2 Å². The van der Waals surface area contributed by atoms with E-state index in [1.54, 1.807) is 12.1 Å². The fraction of sp³-hybridized carbons (Fsp3) is 0.667. The lowest BCUT2D eigenvalue weighted by molar-refractivity contribution is 0.200. The molecule has 6 atom stereocenters. The Hall–Kier alpha value is -0.600. The zero-order valence-electron chi connectivity index (χ0n) is 12.5. The highest BCUT2D eigenvalue weighted by Gasteiger charge is 2.53. The lowest BCUT2D eigenvalue weighted by Crippen LogP contribution is -2.40. The van der Waals surface area contributed by atoms with Crippen LogP contribution in [0.4, 0.5) is 4.39 Å². The second-order valence-electron chi connectivity index (χ2n) is 7.32. The molecule has 0 radical (unpaired) electrons. The molecule has 114 valence electrons. The Labute approximate surface area is 131 Å². The van der Waals surface area contributed by atoms with Crippen molar-refractivity contribution in [2.45, 2.75) is 51.1 Å². The van der Waals surface area contributed by atoms with Gasteiger partial charge in [-0.05, 0) is 74.0 Å². The Kier molecular flexibility index (Phi) is 3.50. The van der Waals surface area contributed by atoms with Gasteiger partial charge in [-0.25, -0.2) is 4.39 Å². The molecular weight excluding hydrogens is 285 g/mol. The summed E-state index contributed by atoms with van der Waals surface area (Å²) in [6.07, 6.45) is 7.10. The molecule has 1 aromatic rings. The van der Waals surface area contributed by atoms with E-state index in [0.29, 0.717) is 6.04 Å². The number of hydrogen-bond donors (Lipinski definition) is 1. The van der Waals surface area contributed by atoms with Gasteiger partial charge >= 0.3 is 0 Å². The molecule has 6 unspecified atom stereocenters. The van der Waals surface area contributed by atoms with Gasteiger partial charge in [-0.2, -0.15) is 0 Å². The number of fused-ring (bicyclic) bond motifs is 5. The van der Waals surface area contributed by atoms with Crippen molar-refractivity contribution in [1.29, 1.82) is 0 Å². The molecule has 3 saturated carbocycles. The summed E-state index contributed by atoms with van der Waals surface area (Å²) in [7, 11) is 0. The van der Waals surface area contributed by atoms with Gasteiger partial charge in [0.1, 0.15) is 5.82 Å². The largest absolute Gasteiger partial charge is 0.307 e. The first-order chi connectivity index (χ1) is 10.1. The SMILES string of the molecule is CC(NC1CC2CC1C1CCCC21)c1ccc(Cl)c(F)c1. The van der Waals surface area contributed by atoms with Crippen LogP contribution in [0.15, 0.2) is 18.2 Å². The molecular formula is C18H23ClFN. The van der Waals surface area contributed by atoms with Gasteiger partial charge in [-0.3, -0.25) is 0 Å². The van der Waals surface area contributed by atoms with E-state index < -0.39 is 0 Å². The van der Waals surface area contributed by atoms with Crippen molar-refractivity contribution >= 4 is 11.6 Å². The minimum Gasteiger partial charge on any atom is -0.307 e. The van der Waals surface area contributed by atoms with Crippen LogP contribution < -0.4 is 5.32 Å². The molecule has 1 N–H and O–H groups in total. The summed E-state index contributed by atoms with van der Waals surface area (Å²) in [5, 5.41) is 3.98. The minimum atomic E-state index is -0.313. The zero-order valence-corrected chi connectivity index (χ0v) is 13.2. The van der Waals surface area contributed by atoms with Gasteiger partial charge in [0.25, 0.3) is 0 Å². The van der Waals surface area contributed by atoms with Gasteiger partial charge in [0.15, 0.2) is 0 Å². The molecule has 0 aliphatic heterocycles. The molecule has 0 amide bonds. The highest BCUT2D eigenvalue weighted by Crippen LogP contribution is 2.58. The number of rotatable bonds is 3. The van der Waals surface area contributed by atoms with E-state index in [1.807, 2.05) is 6.07 Å². The van der Waals surface area contributed by atoms with Gasteiger partial charge in [-0.15, -0.1) is 0 Å². The standard InChI is InChI=1S/C18H23ClFN/c1-10(11-5-6-16(19)17(20)8-11)21-18-9-12-7-15(18)14-4-2-3-13(12)14/h5-6,8,10,12-15,18,21H,2-4,7,9H2,1H3. The predicted octanol–water partition coefficient (Wildman–Crippen LogP) is 4.95. The molecule has 0 spiro atoms. The van der Waals surface area contributed by atoms with Crippen LogP contribution in [0.3, 0.4) is 0 Å². The van der Waals surface area contributed by atoms with Gasteiger partial charge in [0.05, 0.1) is 5.02 Å². The molecule has 3 fully saturated rings. The predicted molar refractivity (Wildman–Crippen MR) is 83.8 cm³/mol. The van der Waals surface area contributed by atoms with Gasteiger partial charge < -0.3 is 5.32 Å². The highest BCUT2D eigenvalue weighted by atomic mass is 35.5. The van der Waals surface area contributed by atoms with Crippen LogP contribution in [-0.4, -0.2) is 6.04 Å². The maximum absolute atomic E-state index is 13.6. The fourth-order valence-corrected chi connectivity index (χ4v) is 5.58. The smallest absolute Gasteiger partial charge is 0.142 e. The van der Waals surface area contributed by atoms with Crippen LogP contribution in [-0.2, 0) is 0 Å². The molecule has 0 aromatic heterocycles. The van der Waals surface area contributed by atoms with Crippen molar-refractivity contribution in [1.82, 2.24) is 5.32 Å². The molecule has 0 saturated heterocycles. The molecule has 2 bridgehead atoms. The monoisotopic (exact) mass is 307 g/mol. The number of benzene rings is 1. The minimum absolute atomic E-state index is 0.195. The maximum atomic E-state index is 13.6. The average molecular weight is 308 g/mol. The van der Waals surface area contributed by atoms with Crippen LogP contribution >= 0.6 is 11.6 Å². The van der Waals surface area contributed by atoms with Crippen molar-refractivity contribution in [3.8, 4) is 0 Å². The van der Waals surface area contributed by atoms with Gasteiger partial charge in [-0.1, -0.05) is 24.1 Å². The lowest BCUT2D eigenvalue weighted by Gasteiger charge is -2.34. The van der Waals surface area contributed by atoms with Crippen molar-refractivity contribution < 1.29 is 4.39 Å².